The number of rotatable bonds is 5. The number of amides is 1. The van der Waals surface area contributed by atoms with Gasteiger partial charge in [-0.05, 0) is 42.3 Å². The van der Waals surface area contributed by atoms with E-state index in [2.05, 4.69) is 12.2 Å². The molecule has 1 amide bonds. The first kappa shape index (κ1) is 14.2. The molecule has 0 saturated heterocycles. The molecule has 1 aromatic carbocycles. The second-order valence-corrected chi connectivity index (χ2v) is 5.01. The zero-order valence-corrected chi connectivity index (χ0v) is 12.3. The van der Waals surface area contributed by atoms with Crippen LogP contribution in [0.3, 0.4) is 0 Å². The van der Waals surface area contributed by atoms with Crippen LogP contribution in [0.25, 0.3) is 11.3 Å². The number of furan rings is 2. The molecule has 0 aliphatic rings. The molecule has 0 saturated carbocycles. The monoisotopic (exact) mass is 295 g/mol. The van der Waals surface area contributed by atoms with Crippen molar-refractivity contribution in [3.8, 4) is 11.3 Å². The summed E-state index contributed by atoms with van der Waals surface area (Å²) in [6.07, 6.45) is 4.18. The third-order valence-electron chi connectivity index (χ3n) is 3.51. The van der Waals surface area contributed by atoms with Crippen molar-refractivity contribution >= 4 is 5.91 Å². The number of carbonyl (C=O) groups excluding carboxylic acids is 1. The van der Waals surface area contributed by atoms with E-state index in [1.807, 2.05) is 42.5 Å². The lowest BCUT2D eigenvalue weighted by molar-refractivity contribution is 0.0948. The maximum atomic E-state index is 12.1. The average molecular weight is 295 g/mol. The predicted octanol–water partition coefficient (Wildman–Crippen LogP) is 4.03. The van der Waals surface area contributed by atoms with E-state index in [4.69, 9.17) is 8.83 Å². The summed E-state index contributed by atoms with van der Waals surface area (Å²) in [5, 5.41) is 2.86. The van der Waals surface area contributed by atoms with Gasteiger partial charge in [0.1, 0.15) is 17.8 Å². The van der Waals surface area contributed by atoms with Crippen molar-refractivity contribution < 1.29 is 13.6 Å². The van der Waals surface area contributed by atoms with Gasteiger partial charge in [-0.15, -0.1) is 0 Å². The summed E-state index contributed by atoms with van der Waals surface area (Å²) >= 11 is 0. The third-order valence-corrected chi connectivity index (χ3v) is 3.51. The van der Waals surface area contributed by atoms with Crippen LogP contribution in [0.4, 0.5) is 0 Å². The third kappa shape index (κ3) is 3.11. The van der Waals surface area contributed by atoms with Gasteiger partial charge >= 0.3 is 0 Å². The Morgan fingerprint density at radius 3 is 2.59 bits per heavy atom. The van der Waals surface area contributed by atoms with Crippen LogP contribution >= 0.6 is 0 Å². The van der Waals surface area contributed by atoms with Crippen LogP contribution in [0.2, 0.25) is 0 Å². The van der Waals surface area contributed by atoms with Crippen molar-refractivity contribution in [2.75, 3.05) is 0 Å². The fourth-order valence-electron chi connectivity index (χ4n) is 2.19. The molecule has 0 bridgehead atoms. The van der Waals surface area contributed by atoms with Crippen molar-refractivity contribution in [1.82, 2.24) is 5.32 Å². The summed E-state index contributed by atoms with van der Waals surface area (Å²) < 4.78 is 10.7. The number of nitrogens with one attached hydrogen (secondary N) is 1. The first-order valence-electron chi connectivity index (χ1n) is 7.24. The Morgan fingerprint density at radius 2 is 1.91 bits per heavy atom. The Kier molecular flexibility index (Phi) is 4.10. The maximum absolute atomic E-state index is 12.1. The number of aryl methyl sites for hydroxylation is 1. The lowest BCUT2D eigenvalue weighted by atomic mass is 10.1. The van der Waals surface area contributed by atoms with E-state index in [1.54, 1.807) is 12.5 Å². The van der Waals surface area contributed by atoms with Crippen molar-refractivity contribution in [3.63, 3.8) is 0 Å². The van der Waals surface area contributed by atoms with Crippen LogP contribution < -0.4 is 5.32 Å². The van der Waals surface area contributed by atoms with E-state index in [0.29, 0.717) is 17.9 Å². The van der Waals surface area contributed by atoms with E-state index >= 15 is 0 Å². The highest BCUT2D eigenvalue weighted by molar-refractivity contribution is 5.94. The lowest BCUT2D eigenvalue weighted by Crippen LogP contribution is -2.22. The number of carbonyl (C=O) groups is 1. The first-order valence-corrected chi connectivity index (χ1v) is 7.24. The Hall–Kier alpha value is -2.75. The van der Waals surface area contributed by atoms with Crippen LogP contribution in [0.1, 0.15) is 28.6 Å². The molecule has 0 aliphatic carbocycles. The molecule has 22 heavy (non-hydrogen) atoms. The second kappa shape index (κ2) is 6.35. The topological polar surface area (TPSA) is 55.4 Å². The smallest absolute Gasteiger partial charge is 0.251 e. The molecular weight excluding hydrogens is 278 g/mol. The standard InChI is InChI=1S/C18H17NO3/c1-2-13-3-5-14(6-4-13)18(20)19-11-16-7-8-17(22-16)15-9-10-21-12-15/h3-10,12H,2,11H2,1H3,(H,19,20). The van der Waals surface area contributed by atoms with Gasteiger partial charge in [-0.1, -0.05) is 19.1 Å². The minimum Gasteiger partial charge on any atom is -0.472 e. The summed E-state index contributed by atoms with van der Waals surface area (Å²) in [7, 11) is 0. The molecule has 0 spiro atoms. The molecule has 0 fully saturated rings. The summed E-state index contributed by atoms with van der Waals surface area (Å²) in [4.78, 5) is 12.1. The molecule has 3 rings (SSSR count). The normalized spacial score (nSPS) is 10.6. The summed E-state index contributed by atoms with van der Waals surface area (Å²) in [5.74, 6) is 1.32. The highest BCUT2D eigenvalue weighted by Gasteiger charge is 2.09. The van der Waals surface area contributed by atoms with Crippen molar-refractivity contribution in [2.24, 2.45) is 0 Å². The van der Waals surface area contributed by atoms with Gasteiger partial charge < -0.3 is 14.2 Å². The molecule has 3 aromatic rings. The van der Waals surface area contributed by atoms with E-state index in [1.165, 1.54) is 5.56 Å². The van der Waals surface area contributed by atoms with Gasteiger partial charge in [0.15, 0.2) is 0 Å². The molecule has 0 atom stereocenters. The van der Waals surface area contributed by atoms with E-state index in [-0.39, 0.29) is 5.91 Å². The first-order chi connectivity index (χ1) is 10.8. The molecule has 0 radical (unpaired) electrons. The second-order valence-electron chi connectivity index (χ2n) is 5.01. The maximum Gasteiger partial charge on any atom is 0.251 e. The van der Waals surface area contributed by atoms with Gasteiger partial charge in [0, 0.05) is 5.56 Å². The van der Waals surface area contributed by atoms with E-state index in [0.717, 1.165) is 17.7 Å². The average Bonchev–Trinajstić information content (AvgIpc) is 3.23. The number of hydrogen-bond acceptors (Lipinski definition) is 3. The van der Waals surface area contributed by atoms with Gasteiger partial charge in [-0.3, -0.25) is 4.79 Å². The Balaban J connectivity index is 1.61. The number of benzene rings is 1. The Morgan fingerprint density at radius 1 is 1.09 bits per heavy atom. The molecule has 0 unspecified atom stereocenters. The van der Waals surface area contributed by atoms with Crippen LogP contribution in [-0.4, -0.2) is 5.91 Å². The summed E-state index contributed by atoms with van der Waals surface area (Å²) in [6.45, 7) is 2.44. The minimum atomic E-state index is -0.107. The molecule has 2 heterocycles. The van der Waals surface area contributed by atoms with Gasteiger partial charge in [-0.25, -0.2) is 0 Å². The highest BCUT2D eigenvalue weighted by Crippen LogP contribution is 2.22. The molecular formula is C18H17NO3. The van der Waals surface area contributed by atoms with Gasteiger partial charge in [0.2, 0.25) is 0 Å². The predicted molar refractivity (Wildman–Crippen MR) is 83.4 cm³/mol. The van der Waals surface area contributed by atoms with Crippen LogP contribution in [-0.2, 0) is 13.0 Å². The molecule has 4 nitrogen and oxygen atoms in total. The Bertz CT molecular complexity index is 739. The van der Waals surface area contributed by atoms with E-state index in [9.17, 15) is 4.79 Å². The SMILES string of the molecule is CCc1ccc(C(=O)NCc2ccc(-c3ccoc3)o2)cc1. The lowest BCUT2D eigenvalue weighted by Gasteiger charge is -2.04. The van der Waals surface area contributed by atoms with Crippen LogP contribution in [0.15, 0.2) is 63.8 Å². The van der Waals surface area contributed by atoms with E-state index < -0.39 is 0 Å². The molecule has 0 aliphatic heterocycles. The zero-order valence-electron chi connectivity index (χ0n) is 12.3. The Labute approximate surface area is 128 Å². The summed E-state index contributed by atoms with van der Waals surface area (Å²) in [5.41, 5.74) is 2.75. The van der Waals surface area contributed by atoms with Crippen molar-refractivity contribution in [2.45, 2.75) is 19.9 Å². The van der Waals surface area contributed by atoms with Gasteiger partial charge in [0.25, 0.3) is 5.91 Å². The molecule has 2 aromatic heterocycles. The van der Waals surface area contributed by atoms with Gasteiger partial charge in [0.05, 0.1) is 18.4 Å². The highest BCUT2D eigenvalue weighted by atomic mass is 16.3. The fourth-order valence-corrected chi connectivity index (χ4v) is 2.19. The molecule has 1 N–H and O–H groups in total. The zero-order chi connectivity index (χ0) is 15.4. The quantitative estimate of drug-likeness (QED) is 0.773. The van der Waals surface area contributed by atoms with Crippen molar-refractivity contribution in [1.29, 1.82) is 0 Å². The minimum absolute atomic E-state index is 0.107. The van der Waals surface area contributed by atoms with Crippen LogP contribution in [0.5, 0.6) is 0 Å². The number of hydrogen-bond donors (Lipinski definition) is 1. The fraction of sp³-hybridized carbons (Fsp3) is 0.167. The van der Waals surface area contributed by atoms with Crippen molar-refractivity contribution in [3.05, 3.63) is 71.9 Å². The molecule has 4 heteroatoms. The van der Waals surface area contributed by atoms with Crippen LogP contribution in [0, 0.1) is 0 Å². The molecule has 112 valence electrons. The largest absolute Gasteiger partial charge is 0.472 e. The van der Waals surface area contributed by atoms with Gasteiger partial charge in [-0.2, -0.15) is 0 Å². The summed E-state index contributed by atoms with van der Waals surface area (Å²) in [6, 6.07) is 13.2.